The van der Waals surface area contributed by atoms with Crippen LogP contribution >= 0.6 is 0 Å². The molecule has 0 aliphatic rings. The number of pyridine rings is 1. The van der Waals surface area contributed by atoms with Crippen molar-refractivity contribution in [3.05, 3.63) is 53.3 Å². The van der Waals surface area contributed by atoms with Crippen molar-refractivity contribution >= 4 is 17.3 Å². The predicted molar refractivity (Wildman–Crippen MR) is 70.7 cm³/mol. The Labute approximate surface area is 118 Å². The molecule has 0 aliphatic heterocycles. The van der Waals surface area contributed by atoms with Crippen molar-refractivity contribution in [1.29, 1.82) is 0 Å². The highest BCUT2D eigenvalue weighted by atomic mass is 19.4. The van der Waals surface area contributed by atoms with Crippen molar-refractivity contribution in [1.82, 2.24) is 4.98 Å². The van der Waals surface area contributed by atoms with Crippen LogP contribution in [0.4, 0.5) is 24.5 Å². The highest BCUT2D eigenvalue weighted by Gasteiger charge is 2.33. The number of alkyl halides is 3. The summed E-state index contributed by atoms with van der Waals surface area (Å²) in [5.74, 6) is -1.27. The summed E-state index contributed by atoms with van der Waals surface area (Å²) in [6.07, 6.45) is -3.43. The first-order valence-corrected chi connectivity index (χ1v) is 5.92. The number of para-hydroxylation sites is 1. The number of anilines is 2. The third-order valence-corrected chi connectivity index (χ3v) is 2.77. The number of carbonyl (C=O) groups is 1. The minimum absolute atomic E-state index is 0.0618. The Morgan fingerprint density at radius 1 is 1.24 bits per heavy atom. The molecule has 0 aliphatic carbocycles. The topological polar surface area (TPSA) is 62.2 Å². The van der Waals surface area contributed by atoms with Crippen LogP contribution in [-0.4, -0.2) is 16.1 Å². The van der Waals surface area contributed by atoms with Crippen LogP contribution in [0.15, 0.2) is 36.5 Å². The van der Waals surface area contributed by atoms with E-state index < -0.39 is 17.7 Å². The van der Waals surface area contributed by atoms with Crippen molar-refractivity contribution in [3.8, 4) is 0 Å². The van der Waals surface area contributed by atoms with E-state index in [4.69, 9.17) is 5.11 Å². The maximum atomic E-state index is 12.9. The molecule has 0 radical (unpaired) electrons. The Morgan fingerprint density at radius 3 is 2.52 bits per heavy atom. The molecule has 2 rings (SSSR count). The lowest BCUT2D eigenvalue weighted by Crippen LogP contribution is -2.10. The Kier molecular flexibility index (Phi) is 3.84. The lowest BCUT2D eigenvalue weighted by Gasteiger charge is -2.15. The van der Waals surface area contributed by atoms with Gasteiger partial charge >= 0.3 is 12.1 Å². The number of benzene rings is 1. The van der Waals surface area contributed by atoms with E-state index in [1.807, 2.05) is 0 Å². The molecule has 0 bridgehead atoms. The molecule has 0 saturated carbocycles. The lowest BCUT2D eigenvalue weighted by atomic mass is 10.1. The summed E-state index contributed by atoms with van der Waals surface area (Å²) < 4.78 is 38.8. The molecular formula is C14H11F3N2O2. The summed E-state index contributed by atoms with van der Waals surface area (Å²) in [6.45, 7) is 1.62. The molecule has 21 heavy (non-hydrogen) atoms. The van der Waals surface area contributed by atoms with Crippen molar-refractivity contribution in [2.75, 3.05) is 5.32 Å². The van der Waals surface area contributed by atoms with E-state index in [1.165, 1.54) is 24.3 Å². The monoisotopic (exact) mass is 296 g/mol. The molecule has 0 amide bonds. The van der Waals surface area contributed by atoms with E-state index in [0.717, 1.165) is 12.3 Å². The van der Waals surface area contributed by atoms with E-state index in [9.17, 15) is 18.0 Å². The number of hydrogen-bond acceptors (Lipinski definition) is 3. The van der Waals surface area contributed by atoms with Crippen LogP contribution in [0.25, 0.3) is 0 Å². The summed E-state index contributed by atoms with van der Waals surface area (Å²) >= 11 is 0. The second kappa shape index (κ2) is 5.43. The second-order valence-corrected chi connectivity index (χ2v) is 4.34. The van der Waals surface area contributed by atoms with Crippen LogP contribution in [0.5, 0.6) is 0 Å². The molecule has 0 spiro atoms. The zero-order valence-corrected chi connectivity index (χ0v) is 10.9. The fraction of sp³-hybridized carbons (Fsp3) is 0.143. The summed E-state index contributed by atoms with van der Waals surface area (Å²) in [7, 11) is 0. The normalized spacial score (nSPS) is 11.2. The van der Waals surface area contributed by atoms with Crippen molar-refractivity contribution < 1.29 is 23.1 Å². The molecule has 2 N–H and O–H groups in total. The largest absolute Gasteiger partial charge is 0.478 e. The van der Waals surface area contributed by atoms with Crippen molar-refractivity contribution in [2.45, 2.75) is 13.1 Å². The Morgan fingerprint density at radius 2 is 1.90 bits per heavy atom. The quantitative estimate of drug-likeness (QED) is 0.903. The minimum atomic E-state index is -4.53. The fourth-order valence-corrected chi connectivity index (χ4v) is 1.82. The number of rotatable bonds is 3. The van der Waals surface area contributed by atoms with Gasteiger partial charge in [-0.2, -0.15) is 13.2 Å². The van der Waals surface area contributed by atoms with Gasteiger partial charge in [0.15, 0.2) is 0 Å². The van der Waals surface area contributed by atoms with Crippen LogP contribution in [0, 0.1) is 6.92 Å². The number of aromatic carboxylic acids is 1. The number of halogens is 3. The van der Waals surface area contributed by atoms with E-state index in [0.29, 0.717) is 5.69 Å². The van der Waals surface area contributed by atoms with E-state index in [-0.39, 0.29) is 16.9 Å². The second-order valence-electron chi connectivity index (χ2n) is 4.34. The number of nitrogens with one attached hydrogen (secondary N) is 1. The first-order chi connectivity index (χ1) is 9.79. The minimum Gasteiger partial charge on any atom is -0.478 e. The van der Waals surface area contributed by atoms with Crippen LogP contribution in [-0.2, 0) is 6.18 Å². The molecule has 4 nitrogen and oxygen atoms in total. The predicted octanol–water partition coefficient (Wildman–Crippen LogP) is 3.85. The van der Waals surface area contributed by atoms with Gasteiger partial charge in [0, 0.05) is 11.9 Å². The van der Waals surface area contributed by atoms with E-state index in [1.54, 1.807) is 6.92 Å². The van der Waals surface area contributed by atoms with Crippen molar-refractivity contribution in [2.24, 2.45) is 0 Å². The maximum absolute atomic E-state index is 12.9. The first-order valence-electron chi connectivity index (χ1n) is 5.92. The van der Waals surface area contributed by atoms with Crippen LogP contribution < -0.4 is 5.32 Å². The number of nitrogens with zero attached hydrogens (tertiary/aromatic N) is 1. The lowest BCUT2D eigenvalue weighted by molar-refractivity contribution is -0.136. The van der Waals surface area contributed by atoms with Gasteiger partial charge in [-0.3, -0.25) is 4.98 Å². The average molecular weight is 296 g/mol. The Bertz CT molecular complexity index is 684. The smallest absolute Gasteiger partial charge is 0.418 e. The average Bonchev–Trinajstić information content (AvgIpc) is 2.37. The molecule has 0 atom stereocenters. The summed E-state index contributed by atoms with van der Waals surface area (Å²) in [5.41, 5.74) is -0.717. The molecule has 1 heterocycles. The molecule has 0 fully saturated rings. The molecule has 1 aromatic carbocycles. The molecule has 110 valence electrons. The summed E-state index contributed by atoms with van der Waals surface area (Å²) in [4.78, 5) is 14.9. The summed E-state index contributed by atoms with van der Waals surface area (Å²) in [6, 6.07) is 6.26. The van der Waals surface area contributed by atoms with Gasteiger partial charge in [-0.05, 0) is 25.1 Å². The zero-order valence-electron chi connectivity index (χ0n) is 10.9. The third kappa shape index (κ3) is 3.31. The number of aryl methyl sites for hydroxylation is 1. The van der Waals surface area contributed by atoms with E-state index in [2.05, 4.69) is 10.3 Å². The fourth-order valence-electron chi connectivity index (χ4n) is 1.82. The molecule has 1 aromatic heterocycles. The summed E-state index contributed by atoms with van der Waals surface area (Å²) in [5, 5.41) is 11.6. The van der Waals surface area contributed by atoms with Gasteiger partial charge in [0.2, 0.25) is 0 Å². The van der Waals surface area contributed by atoms with Gasteiger partial charge in [0.25, 0.3) is 0 Å². The number of hydrogen-bond donors (Lipinski definition) is 2. The maximum Gasteiger partial charge on any atom is 0.418 e. The SMILES string of the molecule is Cc1cc(Nc2ccccc2C(F)(F)F)c(C(=O)O)cn1. The standard InChI is InChI=1S/C14H11F3N2O2/c1-8-6-12(9(7-18-8)13(20)21)19-11-5-3-2-4-10(11)14(15,16)17/h2-7H,1H3,(H,18,19)(H,20,21). The van der Waals surface area contributed by atoms with Gasteiger partial charge in [-0.1, -0.05) is 12.1 Å². The van der Waals surface area contributed by atoms with Gasteiger partial charge < -0.3 is 10.4 Å². The molecule has 7 heteroatoms. The van der Waals surface area contributed by atoms with Crippen LogP contribution in [0.2, 0.25) is 0 Å². The first kappa shape index (κ1) is 14.8. The van der Waals surface area contributed by atoms with Crippen LogP contribution in [0.1, 0.15) is 21.6 Å². The Balaban J connectivity index is 2.49. The van der Waals surface area contributed by atoms with Gasteiger partial charge in [0.05, 0.1) is 16.9 Å². The van der Waals surface area contributed by atoms with Gasteiger partial charge in [-0.25, -0.2) is 4.79 Å². The number of carboxylic acid groups (broad SMARTS) is 1. The molecule has 0 saturated heterocycles. The zero-order chi connectivity index (χ0) is 15.6. The van der Waals surface area contributed by atoms with Gasteiger partial charge in [-0.15, -0.1) is 0 Å². The molecular weight excluding hydrogens is 285 g/mol. The molecule has 0 unspecified atom stereocenters. The Hall–Kier alpha value is -2.57. The number of carboxylic acids is 1. The van der Waals surface area contributed by atoms with Crippen LogP contribution in [0.3, 0.4) is 0 Å². The van der Waals surface area contributed by atoms with Crippen molar-refractivity contribution in [3.63, 3.8) is 0 Å². The highest BCUT2D eigenvalue weighted by Crippen LogP contribution is 2.36. The van der Waals surface area contributed by atoms with Gasteiger partial charge in [0.1, 0.15) is 5.56 Å². The highest BCUT2D eigenvalue weighted by molar-refractivity contribution is 5.95. The van der Waals surface area contributed by atoms with E-state index >= 15 is 0 Å². The molecule has 2 aromatic rings. The number of aromatic nitrogens is 1. The third-order valence-electron chi connectivity index (χ3n) is 2.77.